The molecule has 0 atom stereocenters. The Bertz CT molecular complexity index is 637. The van der Waals surface area contributed by atoms with Gasteiger partial charge in [0.1, 0.15) is 11.9 Å². The van der Waals surface area contributed by atoms with E-state index in [9.17, 15) is 4.39 Å². The number of aryl methyl sites for hydroxylation is 2. The molecule has 1 aromatic heterocycles. The van der Waals surface area contributed by atoms with Gasteiger partial charge in [0.25, 0.3) is 0 Å². The number of nitrogens with zero attached hydrogens (tertiary/aromatic N) is 1. The minimum atomic E-state index is -0.363. The van der Waals surface area contributed by atoms with Crippen molar-refractivity contribution < 1.29 is 4.39 Å². The average Bonchev–Trinajstić information content (AvgIpc) is 2.82. The third-order valence-corrected chi connectivity index (χ3v) is 3.91. The Morgan fingerprint density at radius 3 is 3.00 bits per heavy atom. The highest BCUT2D eigenvalue weighted by molar-refractivity contribution is 9.10. The summed E-state index contributed by atoms with van der Waals surface area (Å²) in [5.74, 6) is -0.363. The van der Waals surface area contributed by atoms with Gasteiger partial charge in [0.05, 0.1) is 15.6 Å². The summed E-state index contributed by atoms with van der Waals surface area (Å²) in [6, 6.07) is 3.31. The number of aromatic amines is 1. The van der Waals surface area contributed by atoms with Crippen LogP contribution >= 0.6 is 15.9 Å². The van der Waals surface area contributed by atoms with Crippen LogP contribution in [0.25, 0.3) is 10.9 Å². The summed E-state index contributed by atoms with van der Waals surface area (Å²) in [6.45, 7) is 0. The third-order valence-electron chi connectivity index (χ3n) is 3.14. The van der Waals surface area contributed by atoms with Crippen LogP contribution in [0.3, 0.4) is 0 Å². The zero-order chi connectivity index (χ0) is 11.3. The van der Waals surface area contributed by atoms with E-state index in [2.05, 4.69) is 20.9 Å². The first kappa shape index (κ1) is 9.86. The number of benzene rings is 1. The highest BCUT2D eigenvalue weighted by atomic mass is 79.9. The lowest BCUT2D eigenvalue weighted by Gasteiger charge is -2.01. The fourth-order valence-electron chi connectivity index (χ4n) is 2.44. The smallest absolute Gasteiger partial charge is 0.139 e. The Morgan fingerprint density at radius 1 is 1.44 bits per heavy atom. The molecule has 2 nitrogen and oxygen atoms in total. The lowest BCUT2D eigenvalue weighted by atomic mass is 10.1. The molecular formula is C12H8BrFN2. The number of nitriles is 1. The van der Waals surface area contributed by atoms with Crippen LogP contribution in [0.15, 0.2) is 10.5 Å². The summed E-state index contributed by atoms with van der Waals surface area (Å²) in [4.78, 5) is 3.24. The average molecular weight is 279 g/mol. The quantitative estimate of drug-likeness (QED) is 0.788. The van der Waals surface area contributed by atoms with Gasteiger partial charge in [0, 0.05) is 11.1 Å². The number of aromatic nitrogens is 1. The van der Waals surface area contributed by atoms with Crippen LogP contribution in [0.1, 0.15) is 23.2 Å². The van der Waals surface area contributed by atoms with Crippen LogP contribution in [-0.4, -0.2) is 4.98 Å². The minimum Gasteiger partial charge on any atom is -0.357 e. The van der Waals surface area contributed by atoms with Crippen LogP contribution in [0.5, 0.6) is 0 Å². The first-order valence-electron chi connectivity index (χ1n) is 5.14. The summed E-state index contributed by atoms with van der Waals surface area (Å²) in [7, 11) is 0. The molecule has 1 heterocycles. The van der Waals surface area contributed by atoms with Crippen molar-refractivity contribution in [2.45, 2.75) is 19.3 Å². The van der Waals surface area contributed by atoms with Gasteiger partial charge in [-0.2, -0.15) is 5.26 Å². The fraction of sp³-hybridized carbons (Fsp3) is 0.250. The van der Waals surface area contributed by atoms with E-state index in [0.717, 1.165) is 41.4 Å². The Kier molecular flexibility index (Phi) is 2.05. The third kappa shape index (κ3) is 1.15. The Balaban J connectivity index is 2.50. The molecule has 0 bridgehead atoms. The predicted octanol–water partition coefficient (Wildman–Crippen LogP) is 3.43. The number of H-pyrrole nitrogens is 1. The number of hydrogen-bond donors (Lipinski definition) is 1. The van der Waals surface area contributed by atoms with Crippen LogP contribution in [0.4, 0.5) is 4.39 Å². The van der Waals surface area contributed by atoms with Crippen molar-refractivity contribution >= 4 is 26.8 Å². The second-order valence-electron chi connectivity index (χ2n) is 4.02. The van der Waals surface area contributed by atoms with Gasteiger partial charge in [-0.1, -0.05) is 0 Å². The Morgan fingerprint density at radius 2 is 2.25 bits per heavy atom. The monoisotopic (exact) mass is 278 g/mol. The Hall–Kier alpha value is -1.34. The van der Waals surface area contributed by atoms with Gasteiger partial charge in [-0.05, 0) is 46.8 Å². The van der Waals surface area contributed by atoms with Gasteiger partial charge in [-0.3, -0.25) is 0 Å². The standard InChI is InChI=1S/C12H8BrFN2/c13-11-8(14)4-6(5-15)12-10(11)7-2-1-3-9(7)16-12/h4,16H,1-3H2. The number of rotatable bonds is 0. The molecule has 3 rings (SSSR count). The molecule has 1 aliphatic rings. The molecule has 4 heteroatoms. The number of hydrogen-bond acceptors (Lipinski definition) is 1. The van der Waals surface area contributed by atoms with Gasteiger partial charge < -0.3 is 4.98 Å². The molecule has 0 radical (unpaired) electrons. The van der Waals surface area contributed by atoms with E-state index in [1.807, 2.05) is 6.07 Å². The molecule has 0 aliphatic heterocycles. The summed E-state index contributed by atoms with van der Waals surface area (Å²) in [6.07, 6.45) is 3.05. The molecular weight excluding hydrogens is 271 g/mol. The normalized spacial score (nSPS) is 14.1. The van der Waals surface area contributed by atoms with Crippen molar-refractivity contribution in [1.82, 2.24) is 4.98 Å². The maximum atomic E-state index is 13.6. The molecule has 16 heavy (non-hydrogen) atoms. The van der Waals surface area contributed by atoms with Crippen molar-refractivity contribution in [3.8, 4) is 6.07 Å². The van der Waals surface area contributed by atoms with Crippen molar-refractivity contribution in [1.29, 1.82) is 5.26 Å². The minimum absolute atomic E-state index is 0.363. The number of nitrogens with one attached hydrogen (secondary N) is 1. The first-order chi connectivity index (χ1) is 7.72. The zero-order valence-corrected chi connectivity index (χ0v) is 9.99. The van der Waals surface area contributed by atoms with E-state index in [4.69, 9.17) is 5.26 Å². The summed E-state index contributed by atoms with van der Waals surface area (Å²) >= 11 is 3.27. The van der Waals surface area contributed by atoms with Crippen LogP contribution in [-0.2, 0) is 12.8 Å². The van der Waals surface area contributed by atoms with Gasteiger partial charge in [0.15, 0.2) is 0 Å². The highest BCUT2D eigenvalue weighted by Crippen LogP contribution is 2.37. The topological polar surface area (TPSA) is 39.6 Å². The summed E-state index contributed by atoms with van der Waals surface area (Å²) < 4.78 is 14.1. The molecule has 0 saturated carbocycles. The molecule has 1 aliphatic carbocycles. The predicted molar refractivity (Wildman–Crippen MR) is 62.7 cm³/mol. The van der Waals surface area contributed by atoms with Crippen LogP contribution in [0.2, 0.25) is 0 Å². The molecule has 80 valence electrons. The second kappa shape index (κ2) is 3.33. The number of fused-ring (bicyclic) bond motifs is 3. The molecule has 0 amide bonds. The van der Waals surface area contributed by atoms with E-state index in [-0.39, 0.29) is 5.82 Å². The molecule has 0 saturated heterocycles. The van der Waals surface area contributed by atoms with Crippen molar-refractivity contribution in [2.24, 2.45) is 0 Å². The lowest BCUT2D eigenvalue weighted by Crippen LogP contribution is -1.87. The SMILES string of the molecule is N#Cc1cc(F)c(Br)c2c3c([nH]c12)CCC3. The molecule has 2 aromatic rings. The van der Waals surface area contributed by atoms with E-state index in [1.165, 1.54) is 6.07 Å². The van der Waals surface area contributed by atoms with Gasteiger partial charge >= 0.3 is 0 Å². The molecule has 1 aromatic carbocycles. The maximum absolute atomic E-state index is 13.6. The van der Waals surface area contributed by atoms with E-state index >= 15 is 0 Å². The van der Waals surface area contributed by atoms with Crippen molar-refractivity contribution in [3.05, 3.63) is 33.2 Å². The maximum Gasteiger partial charge on any atom is 0.139 e. The molecule has 0 unspecified atom stereocenters. The van der Waals surface area contributed by atoms with E-state index in [1.54, 1.807) is 0 Å². The summed E-state index contributed by atoms with van der Waals surface area (Å²) in [5.41, 5.74) is 3.46. The summed E-state index contributed by atoms with van der Waals surface area (Å²) in [5, 5.41) is 9.84. The van der Waals surface area contributed by atoms with E-state index < -0.39 is 0 Å². The lowest BCUT2D eigenvalue weighted by molar-refractivity contribution is 0.623. The van der Waals surface area contributed by atoms with Gasteiger partial charge in [0.2, 0.25) is 0 Å². The second-order valence-corrected chi connectivity index (χ2v) is 4.81. The van der Waals surface area contributed by atoms with Crippen LogP contribution < -0.4 is 0 Å². The molecule has 0 spiro atoms. The van der Waals surface area contributed by atoms with Crippen molar-refractivity contribution in [2.75, 3.05) is 0 Å². The molecule has 1 N–H and O–H groups in total. The largest absolute Gasteiger partial charge is 0.357 e. The fourth-order valence-corrected chi connectivity index (χ4v) is 2.99. The van der Waals surface area contributed by atoms with Crippen LogP contribution in [0, 0.1) is 17.1 Å². The van der Waals surface area contributed by atoms with Crippen molar-refractivity contribution in [3.63, 3.8) is 0 Å². The number of halogens is 2. The van der Waals surface area contributed by atoms with Gasteiger partial charge in [-0.15, -0.1) is 0 Å². The van der Waals surface area contributed by atoms with E-state index in [0.29, 0.717) is 10.0 Å². The highest BCUT2D eigenvalue weighted by Gasteiger charge is 2.22. The Labute approximate surface area is 100 Å². The zero-order valence-electron chi connectivity index (χ0n) is 8.40. The first-order valence-corrected chi connectivity index (χ1v) is 5.93. The van der Waals surface area contributed by atoms with Gasteiger partial charge in [-0.25, -0.2) is 4.39 Å². The molecule has 0 fully saturated rings.